The largest absolute Gasteiger partial charge is 0.232 e. The molecule has 0 bridgehead atoms. The van der Waals surface area contributed by atoms with Gasteiger partial charge in [-0.3, -0.25) is 0 Å². The van der Waals surface area contributed by atoms with Gasteiger partial charge in [0, 0.05) is 0 Å². The number of hydrogen-bond donors (Lipinski definition) is 0. The maximum Gasteiger partial charge on any atom is 0.101 e. The standard InChI is InChI=1S/C5H5O/c1-2-3-4-5-6/h1,3-4H,5H2. The Kier molecular flexibility index (Phi) is 3.73. The molecular weight excluding hydrogens is 76.1 g/mol. The van der Waals surface area contributed by atoms with Crippen LogP contribution in [0.5, 0.6) is 0 Å². The third-order valence-corrected chi connectivity index (χ3v) is 0.310. The molecule has 1 nitrogen and oxygen atoms in total. The van der Waals surface area contributed by atoms with Gasteiger partial charge < -0.3 is 0 Å². The molecule has 0 aromatic rings. The summed E-state index contributed by atoms with van der Waals surface area (Å²) in [7, 11) is 0. The van der Waals surface area contributed by atoms with Crippen molar-refractivity contribution in [3.05, 3.63) is 12.2 Å². The van der Waals surface area contributed by atoms with E-state index in [0.29, 0.717) is 0 Å². The van der Waals surface area contributed by atoms with Crippen LogP contribution >= 0.6 is 0 Å². The molecule has 0 fully saturated rings. The molecule has 0 rings (SSSR count). The first-order valence-corrected chi connectivity index (χ1v) is 1.61. The number of rotatable bonds is 1. The van der Waals surface area contributed by atoms with Gasteiger partial charge in [-0.05, 0) is 12.2 Å². The third kappa shape index (κ3) is 3.26. The lowest BCUT2D eigenvalue weighted by atomic mass is 10.5. The molecular formula is C5H5O. The van der Waals surface area contributed by atoms with Crippen molar-refractivity contribution in [2.75, 3.05) is 6.61 Å². The van der Waals surface area contributed by atoms with Gasteiger partial charge >= 0.3 is 0 Å². The highest BCUT2D eigenvalue weighted by Gasteiger charge is 1.58. The highest BCUT2D eigenvalue weighted by molar-refractivity contribution is 5.08. The van der Waals surface area contributed by atoms with Crippen molar-refractivity contribution in [3.8, 4) is 12.3 Å². The SMILES string of the molecule is C#CC=CC[O]. The summed E-state index contributed by atoms with van der Waals surface area (Å²) in [5.74, 6) is 2.19. The van der Waals surface area contributed by atoms with E-state index < -0.39 is 0 Å². The lowest BCUT2D eigenvalue weighted by Gasteiger charge is -1.62. The summed E-state index contributed by atoms with van der Waals surface area (Å²) in [5, 5.41) is 9.51. The van der Waals surface area contributed by atoms with Gasteiger partial charge in [-0.25, -0.2) is 5.11 Å². The molecule has 0 unspecified atom stereocenters. The molecule has 1 radical (unpaired) electrons. The summed E-state index contributed by atoms with van der Waals surface area (Å²) >= 11 is 0. The molecule has 0 N–H and O–H groups in total. The van der Waals surface area contributed by atoms with Gasteiger partial charge in [-0.1, -0.05) is 5.92 Å². The molecule has 0 aliphatic rings. The van der Waals surface area contributed by atoms with Crippen molar-refractivity contribution in [2.24, 2.45) is 0 Å². The normalized spacial score (nSPS) is 8.67. The second kappa shape index (κ2) is 4.26. The quantitative estimate of drug-likeness (QED) is 0.412. The average Bonchev–Trinajstić information content (AvgIpc) is 1.61. The van der Waals surface area contributed by atoms with E-state index >= 15 is 0 Å². The summed E-state index contributed by atoms with van der Waals surface area (Å²) < 4.78 is 0. The van der Waals surface area contributed by atoms with Crippen LogP contribution in [0.4, 0.5) is 0 Å². The highest BCUT2D eigenvalue weighted by atomic mass is 16.2. The summed E-state index contributed by atoms with van der Waals surface area (Å²) in [4.78, 5) is 0. The monoisotopic (exact) mass is 81.0 g/mol. The first-order chi connectivity index (χ1) is 2.91. The van der Waals surface area contributed by atoms with Crippen molar-refractivity contribution in [1.29, 1.82) is 0 Å². The van der Waals surface area contributed by atoms with Gasteiger partial charge in [0.1, 0.15) is 6.61 Å². The summed E-state index contributed by atoms with van der Waals surface area (Å²) in [6, 6.07) is 0. The zero-order valence-corrected chi connectivity index (χ0v) is 3.35. The van der Waals surface area contributed by atoms with Crippen LogP contribution in [-0.4, -0.2) is 6.61 Å². The molecule has 0 aromatic carbocycles. The van der Waals surface area contributed by atoms with E-state index in [1.165, 1.54) is 12.2 Å². The van der Waals surface area contributed by atoms with Crippen LogP contribution in [0.3, 0.4) is 0 Å². The van der Waals surface area contributed by atoms with Crippen LogP contribution in [-0.2, 0) is 5.11 Å². The molecule has 0 aliphatic heterocycles. The van der Waals surface area contributed by atoms with Gasteiger partial charge in [-0.15, -0.1) is 6.42 Å². The molecule has 0 spiro atoms. The van der Waals surface area contributed by atoms with E-state index in [0.717, 1.165) is 0 Å². The van der Waals surface area contributed by atoms with Crippen molar-refractivity contribution in [2.45, 2.75) is 0 Å². The third-order valence-electron chi connectivity index (χ3n) is 0.310. The van der Waals surface area contributed by atoms with E-state index in [2.05, 4.69) is 5.92 Å². The van der Waals surface area contributed by atoms with Crippen LogP contribution in [0, 0.1) is 12.3 Å². The fraction of sp³-hybridized carbons (Fsp3) is 0.200. The minimum Gasteiger partial charge on any atom is -0.232 e. The van der Waals surface area contributed by atoms with Crippen molar-refractivity contribution < 1.29 is 5.11 Å². The Morgan fingerprint density at radius 1 is 1.83 bits per heavy atom. The maximum atomic E-state index is 9.51. The van der Waals surface area contributed by atoms with Crippen molar-refractivity contribution in [1.82, 2.24) is 0 Å². The van der Waals surface area contributed by atoms with Gasteiger partial charge in [0.25, 0.3) is 0 Å². The molecule has 31 valence electrons. The van der Waals surface area contributed by atoms with E-state index in [9.17, 15) is 5.11 Å². The molecule has 0 saturated heterocycles. The Labute approximate surface area is 37.3 Å². The Hall–Kier alpha value is -0.740. The smallest absolute Gasteiger partial charge is 0.101 e. The highest BCUT2D eigenvalue weighted by Crippen LogP contribution is 1.62. The second-order valence-electron chi connectivity index (χ2n) is 0.736. The lowest BCUT2D eigenvalue weighted by Crippen LogP contribution is -1.63. The minimum atomic E-state index is -0.218. The van der Waals surface area contributed by atoms with Crippen LogP contribution in [0.2, 0.25) is 0 Å². The number of allylic oxidation sites excluding steroid dienone is 1. The summed E-state index contributed by atoms with van der Waals surface area (Å²) in [5.41, 5.74) is 0. The van der Waals surface area contributed by atoms with Gasteiger partial charge in [0.2, 0.25) is 0 Å². The Morgan fingerprint density at radius 3 is 2.67 bits per heavy atom. The summed E-state index contributed by atoms with van der Waals surface area (Å²) in [6.07, 6.45) is 7.52. The van der Waals surface area contributed by atoms with Gasteiger partial charge in [0.15, 0.2) is 0 Å². The number of terminal acetylenes is 1. The molecule has 6 heavy (non-hydrogen) atoms. The van der Waals surface area contributed by atoms with Crippen molar-refractivity contribution >= 4 is 0 Å². The molecule has 0 atom stereocenters. The van der Waals surface area contributed by atoms with E-state index in [-0.39, 0.29) is 6.61 Å². The lowest BCUT2D eigenvalue weighted by molar-refractivity contribution is 0.232. The molecule has 0 saturated carbocycles. The fourth-order valence-electron chi connectivity index (χ4n) is 0.116. The van der Waals surface area contributed by atoms with Crippen LogP contribution < -0.4 is 0 Å². The van der Waals surface area contributed by atoms with E-state index in [1.807, 2.05) is 0 Å². The van der Waals surface area contributed by atoms with Crippen LogP contribution in [0.15, 0.2) is 12.2 Å². The zero-order valence-electron chi connectivity index (χ0n) is 3.35. The van der Waals surface area contributed by atoms with Gasteiger partial charge in [0.05, 0.1) is 0 Å². The van der Waals surface area contributed by atoms with E-state index in [4.69, 9.17) is 6.42 Å². The van der Waals surface area contributed by atoms with Crippen molar-refractivity contribution in [3.63, 3.8) is 0 Å². The Balaban J connectivity index is 3.02. The minimum absolute atomic E-state index is 0.218. The molecule has 0 aliphatic carbocycles. The average molecular weight is 81.1 g/mol. The predicted molar refractivity (Wildman–Crippen MR) is 23.5 cm³/mol. The molecule has 0 amide bonds. The Morgan fingerprint density at radius 2 is 2.50 bits per heavy atom. The first-order valence-electron chi connectivity index (χ1n) is 1.61. The Bertz CT molecular complexity index is 76.4. The molecule has 0 aromatic heterocycles. The predicted octanol–water partition coefficient (Wildman–Crippen LogP) is 0.606. The topological polar surface area (TPSA) is 19.9 Å². The number of hydrogen-bond acceptors (Lipinski definition) is 0. The van der Waals surface area contributed by atoms with E-state index in [1.54, 1.807) is 0 Å². The molecule has 1 heteroatoms. The fourth-order valence-corrected chi connectivity index (χ4v) is 0.116. The van der Waals surface area contributed by atoms with Crippen LogP contribution in [0.25, 0.3) is 0 Å². The molecule has 0 heterocycles. The maximum absolute atomic E-state index is 9.51. The van der Waals surface area contributed by atoms with Gasteiger partial charge in [-0.2, -0.15) is 0 Å². The second-order valence-corrected chi connectivity index (χ2v) is 0.736. The summed E-state index contributed by atoms with van der Waals surface area (Å²) in [6.45, 7) is -0.218. The zero-order chi connectivity index (χ0) is 4.83. The first kappa shape index (κ1) is 5.26. The van der Waals surface area contributed by atoms with Crippen LogP contribution in [0.1, 0.15) is 0 Å².